The molecule has 0 aliphatic rings. The van der Waals surface area contributed by atoms with E-state index in [1.165, 1.54) is 0 Å². The van der Waals surface area contributed by atoms with Gasteiger partial charge < -0.3 is 33.9 Å². The molecular formula is C52H59N4O7P. The van der Waals surface area contributed by atoms with Crippen LogP contribution in [-0.2, 0) is 19.4 Å². The number of nitrogens with zero attached hydrogens (tertiary/aromatic N) is 2. The molecule has 1 unspecified atom stereocenters. The zero-order valence-electron chi connectivity index (χ0n) is 37.6. The smallest absolute Gasteiger partial charge is 0.259 e. The molecule has 12 heteroatoms. The first-order chi connectivity index (χ1) is 31.1. The van der Waals surface area contributed by atoms with Gasteiger partial charge >= 0.3 is 0 Å². The molecule has 0 radical (unpaired) electrons. The van der Waals surface area contributed by atoms with Crippen molar-refractivity contribution in [3.63, 3.8) is 0 Å². The van der Waals surface area contributed by atoms with Gasteiger partial charge in [-0.25, -0.2) is 4.67 Å². The lowest BCUT2D eigenvalue weighted by molar-refractivity contribution is 0.0117. The third kappa shape index (κ3) is 11.6. The molecule has 64 heavy (non-hydrogen) atoms. The van der Waals surface area contributed by atoms with Crippen molar-refractivity contribution in [1.29, 1.82) is 5.26 Å². The van der Waals surface area contributed by atoms with Crippen LogP contribution in [0, 0.1) is 11.3 Å². The first kappa shape index (κ1) is 47.6. The topological polar surface area (TPSA) is 131 Å². The number of ether oxygens (including phenoxy) is 3. The fraction of sp³-hybridized carbons (Fsp3) is 0.327. The van der Waals surface area contributed by atoms with Crippen LogP contribution in [0.4, 0.5) is 0 Å². The Balaban J connectivity index is 1.10. The van der Waals surface area contributed by atoms with Gasteiger partial charge in [-0.15, -0.1) is 0 Å². The molecule has 6 rings (SSSR count). The van der Waals surface area contributed by atoms with Gasteiger partial charge in [-0.1, -0.05) is 78.9 Å². The predicted octanol–water partition coefficient (Wildman–Crippen LogP) is 10.6. The minimum Gasteiger partial charge on any atom is -0.497 e. The summed E-state index contributed by atoms with van der Waals surface area (Å²) >= 11 is 0. The van der Waals surface area contributed by atoms with E-state index in [2.05, 4.69) is 61.2 Å². The number of fused-ring (bicyclic) bond motifs is 3. The Kier molecular flexibility index (Phi) is 17.2. The van der Waals surface area contributed by atoms with Gasteiger partial charge in [0.2, 0.25) is 0 Å². The van der Waals surface area contributed by atoms with Crippen molar-refractivity contribution in [2.45, 2.75) is 64.6 Å². The van der Waals surface area contributed by atoms with Crippen molar-refractivity contribution in [3.05, 3.63) is 155 Å². The standard InChI is InChI=1S/C52H59N4O7P/c1-37(2)56(38(3)4)64(62-33-10-29-53)63-34-12-31-55-51(58)42-20-18-40-16-15-39-17-19-41(35-48(39)49(40)36-42)50(57)54-30-11-32-61-52(43-13-8-7-9-14-43,44-21-25-46(59-5)26-22-44)45-23-27-47(60-6)28-24-45/h7-9,13-28,35-38H,10-12,30-34H2,1-6H3,(H,54,57)(H,55,58). The summed E-state index contributed by atoms with van der Waals surface area (Å²) in [5, 5.41) is 18.8. The van der Waals surface area contributed by atoms with Crippen LogP contribution in [-0.4, -0.2) is 75.7 Å². The van der Waals surface area contributed by atoms with Crippen molar-refractivity contribution in [3.8, 4) is 17.6 Å². The third-order valence-electron chi connectivity index (χ3n) is 10.9. The van der Waals surface area contributed by atoms with Crippen LogP contribution in [0.2, 0.25) is 0 Å². The van der Waals surface area contributed by atoms with Gasteiger partial charge in [-0.05, 0) is 127 Å². The molecule has 11 nitrogen and oxygen atoms in total. The highest BCUT2D eigenvalue weighted by molar-refractivity contribution is 7.44. The van der Waals surface area contributed by atoms with Gasteiger partial charge in [0.1, 0.15) is 17.1 Å². The molecule has 2 amide bonds. The summed E-state index contributed by atoms with van der Waals surface area (Å²) in [5.41, 5.74) is 2.94. The van der Waals surface area contributed by atoms with E-state index in [4.69, 9.17) is 28.5 Å². The monoisotopic (exact) mass is 882 g/mol. The van der Waals surface area contributed by atoms with Crippen LogP contribution in [0.25, 0.3) is 21.5 Å². The average Bonchev–Trinajstić information content (AvgIpc) is 3.32. The summed E-state index contributed by atoms with van der Waals surface area (Å²) in [4.78, 5) is 27.0. The number of nitrogens with one attached hydrogen (secondary N) is 2. The van der Waals surface area contributed by atoms with Crippen molar-refractivity contribution < 1.29 is 32.8 Å². The highest BCUT2D eigenvalue weighted by atomic mass is 31.2. The SMILES string of the molecule is COc1ccc(C(OCCCNC(=O)c2ccc3ccc4ccc(C(=O)NCCCOP(OCCC#N)N(C(C)C)C(C)C)cc4c3c2)(c2ccccc2)c2ccc(OC)cc2)cc1. The van der Waals surface area contributed by atoms with Crippen LogP contribution in [0.5, 0.6) is 11.5 Å². The molecule has 1 atom stereocenters. The summed E-state index contributed by atoms with van der Waals surface area (Å²) in [5.74, 6) is 1.10. The highest BCUT2D eigenvalue weighted by Crippen LogP contribution is 2.46. The molecule has 0 heterocycles. The number of methoxy groups -OCH3 is 2. The summed E-state index contributed by atoms with van der Waals surface area (Å²) < 4.78 is 32.2. The number of benzene rings is 6. The molecule has 0 spiro atoms. The van der Waals surface area contributed by atoms with Crippen LogP contribution in [0.15, 0.2) is 127 Å². The quantitative estimate of drug-likeness (QED) is 0.0279. The average molecular weight is 883 g/mol. The second-order valence-electron chi connectivity index (χ2n) is 15.9. The van der Waals surface area contributed by atoms with E-state index in [0.29, 0.717) is 63.3 Å². The second kappa shape index (κ2) is 23.2. The number of hydrogen-bond donors (Lipinski definition) is 2. The van der Waals surface area contributed by atoms with Crippen molar-refractivity contribution in [2.24, 2.45) is 0 Å². The lowest BCUT2D eigenvalue weighted by atomic mass is 9.80. The molecular weight excluding hydrogens is 824 g/mol. The zero-order valence-corrected chi connectivity index (χ0v) is 38.5. The molecule has 6 aromatic rings. The van der Waals surface area contributed by atoms with Crippen molar-refractivity contribution in [1.82, 2.24) is 15.3 Å². The molecule has 334 valence electrons. The maximum Gasteiger partial charge on any atom is 0.259 e. The maximum atomic E-state index is 13.7. The lowest BCUT2D eigenvalue weighted by Crippen LogP contribution is -2.34. The summed E-state index contributed by atoms with van der Waals surface area (Å²) in [7, 11) is 1.95. The largest absolute Gasteiger partial charge is 0.497 e. The molecule has 2 N–H and O–H groups in total. The minimum atomic E-state index is -1.34. The summed E-state index contributed by atoms with van der Waals surface area (Å²) in [6.07, 6.45) is 1.45. The number of carbonyl (C=O) groups is 2. The number of hydrogen-bond acceptors (Lipinski definition) is 9. The van der Waals surface area contributed by atoms with E-state index in [0.717, 1.165) is 49.7 Å². The Morgan fingerprint density at radius 3 is 1.55 bits per heavy atom. The van der Waals surface area contributed by atoms with Crippen LogP contribution in [0.1, 0.15) is 84.4 Å². The maximum absolute atomic E-state index is 13.7. The van der Waals surface area contributed by atoms with Crippen molar-refractivity contribution >= 4 is 41.9 Å². The third-order valence-corrected chi connectivity index (χ3v) is 13.0. The molecule has 0 aromatic heterocycles. The van der Waals surface area contributed by atoms with E-state index in [9.17, 15) is 9.59 Å². The predicted molar refractivity (Wildman–Crippen MR) is 255 cm³/mol. The number of rotatable bonds is 23. The molecule has 0 fully saturated rings. The van der Waals surface area contributed by atoms with Gasteiger partial charge in [-0.2, -0.15) is 5.26 Å². The first-order valence-electron chi connectivity index (χ1n) is 21.8. The fourth-order valence-corrected chi connectivity index (χ4v) is 9.47. The van der Waals surface area contributed by atoms with E-state index in [1.54, 1.807) is 14.2 Å². The van der Waals surface area contributed by atoms with Crippen LogP contribution >= 0.6 is 8.53 Å². The van der Waals surface area contributed by atoms with E-state index in [1.807, 2.05) is 115 Å². The van der Waals surface area contributed by atoms with Gasteiger partial charge in [0.05, 0.1) is 46.5 Å². The molecule has 0 aliphatic carbocycles. The molecule has 0 aliphatic heterocycles. The van der Waals surface area contributed by atoms with Gasteiger partial charge in [-0.3, -0.25) is 9.59 Å². The Morgan fingerprint density at radius 1 is 0.625 bits per heavy atom. The van der Waals surface area contributed by atoms with Gasteiger partial charge in [0.25, 0.3) is 20.3 Å². The van der Waals surface area contributed by atoms with Gasteiger partial charge in [0, 0.05) is 36.3 Å². The number of amides is 2. The zero-order chi connectivity index (χ0) is 45.5. The Hall–Kier alpha value is -5.86. The fourth-order valence-electron chi connectivity index (χ4n) is 7.84. The Morgan fingerprint density at radius 2 is 1.08 bits per heavy atom. The molecule has 6 aromatic carbocycles. The van der Waals surface area contributed by atoms with E-state index >= 15 is 0 Å². The molecule has 0 saturated carbocycles. The Bertz CT molecular complexity index is 2440. The van der Waals surface area contributed by atoms with Crippen LogP contribution in [0.3, 0.4) is 0 Å². The minimum absolute atomic E-state index is 0.191. The van der Waals surface area contributed by atoms with E-state index in [-0.39, 0.29) is 23.9 Å². The van der Waals surface area contributed by atoms with E-state index < -0.39 is 14.1 Å². The summed E-state index contributed by atoms with van der Waals surface area (Å²) in [6.45, 7) is 10.3. The lowest BCUT2D eigenvalue weighted by Gasteiger charge is -2.36. The normalized spacial score (nSPS) is 12.1. The van der Waals surface area contributed by atoms with Crippen molar-refractivity contribution in [2.75, 3.05) is 47.1 Å². The van der Waals surface area contributed by atoms with Gasteiger partial charge in [0.15, 0.2) is 0 Å². The highest BCUT2D eigenvalue weighted by Gasteiger charge is 2.38. The first-order valence-corrected chi connectivity index (χ1v) is 22.9. The van der Waals surface area contributed by atoms with Crippen LogP contribution < -0.4 is 20.1 Å². The molecule has 0 saturated heterocycles. The summed E-state index contributed by atoms with van der Waals surface area (Å²) in [6, 6.07) is 43.9. The Labute approximate surface area is 378 Å². The molecule has 0 bridgehead atoms. The number of carbonyl (C=O) groups excluding carboxylic acids is 2. The number of nitriles is 1. The second-order valence-corrected chi connectivity index (χ2v) is 17.3.